The molecule has 1 N–H and O–H groups in total. The van der Waals surface area contributed by atoms with Gasteiger partial charge in [0, 0.05) is 0 Å². The van der Waals surface area contributed by atoms with Gasteiger partial charge in [-0.15, -0.1) is 0 Å². The van der Waals surface area contributed by atoms with Crippen molar-refractivity contribution in [2.75, 3.05) is 11.9 Å². The van der Waals surface area contributed by atoms with Crippen molar-refractivity contribution in [1.29, 1.82) is 0 Å². The highest BCUT2D eigenvalue weighted by Crippen LogP contribution is 2.27. The fourth-order valence-electron chi connectivity index (χ4n) is 1.92. The molecular formula is C17H16F3NO3. The molecule has 4 nitrogen and oxygen atoms in total. The molecule has 0 heterocycles. The van der Waals surface area contributed by atoms with Crippen LogP contribution in [0.3, 0.4) is 0 Å². The lowest BCUT2D eigenvalue weighted by atomic mass is 10.2. The lowest BCUT2D eigenvalue weighted by Gasteiger charge is -2.17. The summed E-state index contributed by atoms with van der Waals surface area (Å²) in [6.45, 7) is 3.66. The summed E-state index contributed by atoms with van der Waals surface area (Å²) >= 11 is 0. The van der Waals surface area contributed by atoms with Gasteiger partial charge in [0.15, 0.2) is 35.1 Å². The summed E-state index contributed by atoms with van der Waals surface area (Å²) < 4.78 is 50.5. The molecule has 0 aliphatic carbocycles. The third-order valence-corrected chi connectivity index (χ3v) is 3.12. The maximum absolute atomic E-state index is 13.6. The van der Waals surface area contributed by atoms with Gasteiger partial charge in [-0.3, -0.25) is 4.79 Å². The average Bonchev–Trinajstić information content (AvgIpc) is 2.57. The van der Waals surface area contributed by atoms with E-state index in [0.717, 1.165) is 12.1 Å². The summed E-state index contributed by atoms with van der Waals surface area (Å²) in [5.41, 5.74) is -0.465. The van der Waals surface area contributed by atoms with Crippen LogP contribution in [0.15, 0.2) is 36.4 Å². The Morgan fingerprint density at radius 3 is 2.42 bits per heavy atom. The van der Waals surface area contributed by atoms with Gasteiger partial charge in [0.05, 0.1) is 12.3 Å². The monoisotopic (exact) mass is 339 g/mol. The smallest absolute Gasteiger partial charge is 0.265 e. The van der Waals surface area contributed by atoms with Crippen molar-refractivity contribution in [2.24, 2.45) is 0 Å². The molecule has 0 unspecified atom stereocenters. The van der Waals surface area contributed by atoms with Gasteiger partial charge >= 0.3 is 0 Å². The largest absolute Gasteiger partial charge is 0.490 e. The molecule has 0 aromatic heterocycles. The summed E-state index contributed by atoms with van der Waals surface area (Å²) in [5.74, 6) is -4.37. The first-order valence-electron chi connectivity index (χ1n) is 7.26. The molecule has 1 amide bonds. The summed E-state index contributed by atoms with van der Waals surface area (Å²) in [4.78, 5) is 12.1. The molecule has 2 rings (SSSR count). The number of carbonyl (C=O) groups is 1. The zero-order valence-corrected chi connectivity index (χ0v) is 13.1. The topological polar surface area (TPSA) is 47.6 Å². The average molecular weight is 339 g/mol. The first-order valence-corrected chi connectivity index (χ1v) is 7.26. The van der Waals surface area contributed by atoms with Crippen LogP contribution in [0, 0.1) is 17.5 Å². The molecule has 0 bridgehead atoms. The van der Waals surface area contributed by atoms with Gasteiger partial charge < -0.3 is 14.8 Å². The first kappa shape index (κ1) is 17.7. The van der Waals surface area contributed by atoms with Crippen LogP contribution < -0.4 is 14.8 Å². The summed E-state index contributed by atoms with van der Waals surface area (Å²) in [6, 6.07) is 8.42. The van der Waals surface area contributed by atoms with Gasteiger partial charge in [-0.2, -0.15) is 0 Å². The minimum atomic E-state index is -1.65. The third kappa shape index (κ3) is 3.98. The fraction of sp³-hybridized carbons (Fsp3) is 0.235. The standard InChI is InChI=1S/C17H16F3NO3/c1-3-23-13-6-4-5-7-14(13)24-10(2)17(22)21-12-9-8-11(18)15(19)16(12)20/h4-10H,3H2,1-2H3,(H,21,22)/t10-/m1/s1. The second-order valence-corrected chi connectivity index (χ2v) is 4.85. The molecule has 0 aliphatic heterocycles. The van der Waals surface area contributed by atoms with E-state index in [1.807, 2.05) is 0 Å². The molecular weight excluding hydrogens is 323 g/mol. The van der Waals surface area contributed by atoms with E-state index < -0.39 is 35.2 Å². The van der Waals surface area contributed by atoms with Crippen molar-refractivity contribution in [3.8, 4) is 11.5 Å². The summed E-state index contributed by atoms with van der Waals surface area (Å²) in [7, 11) is 0. The van der Waals surface area contributed by atoms with Crippen molar-refractivity contribution in [2.45, 2.75) is 20.0 Å². The van der Waals surface area contributed by atoms with Gasteiger partial charge in [-0.25, -0.2) is 13.2 Å². The molecule has 0 radical (unpaired) electrons. The SMILES string of the molecule is CCOc1ccccc1O[C@H](C)C(=O)Nc1ccc(F)c(F)c1F. The van der Waals surface area contributed by atoms with E-state index in [4.69, 9.17) is 9.47 Å². The Hall–Kier alpha value is -2.70. The number of hydrogen-bond acceptors (Lipinski definition) is 3. The number of halogens is 3. The van der Waals surface area contributed by atoms with Gasteiger partial charge in [0.25, 0.3) is 5.91 Å². The Balaban J connectivity index is 2.09. The van der Waals surface area contributed by atoms with Gasteiger partial charge in [-0.05, 0) is 38.1 Å². The molecule has 0 spiro atoms. The predicted molar refractivity (Wildman–Crippen MR) is 82.6 cm³/mol. The number of hydrogen-bond donors (Lipinski definition) is 1. The van der Waals surface area contributed by atoms with Crippen LogP contribution in [0.25, 0.3) is 0 Å². The Kier molecular flexibility index (Phi) is 5.68. The van der Waals surface area contributed by atoms with Gasteiger partial charge in [0.2, 0.25) is 0 Å². The van der Waals surface area contributed by atoms with Crippen LogP contribution in [0.2, 0.25) is 0 Å². The molecule has 0 fully saturated rings. The van der Waals surface area contributed by atoms with Crippen LogP contribution in [0.4, 0.5) is 18.9 Å². The number of ether oxygens (including phenoxy) is 2. The van der Waals surface area contributed by atoms with Crippen molar-refractivity contribution in [1.82, 2.24) is 0 Å². The number of amides is 1. The zero-order chi connectivity index (χ0) is 17.7. The van der Waals surface area contributed by atoms with E-state index in [0.29, 0.717) is 18.1 Å². The molecule has 0 saturated heterocycles. The lowest BCUT2D eigenvalue weighted by molar-refractivity contribution is -0.122. The highest BCUT2D eigenvalue weighted by molar-refractivity contribution is 5.94. The maximum Gasteiger partial charge on any atom is 0.265 e. The third-order valence-electron chi connectivity index (χ3n) is 3.12. The van der Waals surface area contributed by atoms with Crippen LogP contribution in [-0.2, 0) is 4.79 Å². The second kappa shape index (κ2) is 7.72. The number of nitrogens with one attached hydrogen (secondary N) is 1. The fourth-order valence-corrected chi connectivity index (χ4v) is 1.92. The van der Waals surface area contributed by atoms with E-state index in [-0.39, 0.29) is 0 Å². The van der Waals surface area contributed by atoms with E-state index in [1.165, 1.54) is 6.92 Å². The van der Waals surface area contributed by atoms with Crippen molar-refractivity contribution < 1.29 is 27.4 Å². The Labute approximate surface area is 137 Å². The van der Waals surface area contributed by atoms with Crippen LogP contribution in [0.5, 0.6) is 11.5 Å². The maximum atomic E-state index is 13.6. The summed E-state index contributed by atoms with van der Waals surface area (Å²) in [6.07, 6.45) is -1.01. The van der Waals surface area contributed by atoms with E-state index in [1.54, 1.807) is 31.2 Å². The normalized spacial score (nSPS) is 11.7. The Bertz CT molecular complexity index is 737. The lowest BCUT2D eigenvalue weighted by Crippen LogP contribution is -2.30. The highest BCUT2D eigenvalue weighted by atomic mass is 19.2. The number of benzene rings is 2. The number of rotatable bonds is 6. The zero-order valence-electron chi connectivity index (χ0n) is 13.1. The van der Waals surface area contributed by atoms with Gasteiger partial charge in [0.1, 0.15) is 0 Å². The van der Waals surface area contributed by atoms with E-state index >= 15 is 0 Å². The van der Waals surface area contributed by atoms with Gasteiger partial charge in [-0.1, -0.05) is 12.1 Å². The summed E-state index contributed by atoms with van der Waals surface area (Å²) in [5, 5.41) is 2.16. The first-order chi connectivity index (χ1) is 11.4. The highest BCUT2D eigenvalue weighted by Gasteiger charge is 2.20. The Morgan fingerprint density at radius 1 is 1.08 bits per heavy atom. The second-order valence-electron chi connectivity index (χ2n) is 4.85. The molecule has 2 aromatic carbocycles. The molecule has 2 aromatic rings. The van der Waals surface area contributed by atoms with Crippen LogP contribution in [-0.4, -0.2) is 18.6 Å². The minimum absolute atomic E-state index is 0.341. The van der Waals surface area contributed by atoms with Crippen molar-refractivity contribution in [3.05, 3.63) is 53.8 Å². The molecule has 0 aliphatic rings. The predicted octanol–water partition coefficient (Wildman–Crippen LogP) is 3.91. The van der Waals surface area contributed by atoms with Crippen LogP contribution >= 0.6 is 0 Å². The van der Waals surface area contributed by atoms with Crippen molar-refractivity contribution in [3.63, 3.8) is 0 Å². The quantitative estimate of drug-likeness (QED) is 0.812. The number of para-hydroxylation sites is 2. The molecule has 128 valence electrons. The molecule has 0 saturated carbocycles. The number of anilines is 1. The van der Waals surface area contributed by atoms with Crippen LogP contribution in [0.1, 0.15) is 13.8 Å². The van der Waals surface area contributed by atoms with E-state index in [9.17, 15) is 18.0 Å². The minimum Gasteiger partial charge on any atom is -0.490 e. The number of carbonyl (C=O) groups excluding carboxylic acids is 1. The molecule has 7 heteroatoms. The molecule has 1 atom stereocenters. The molecule has 24 heavy (non-hydrogen) atoms. The van der Waals surface area contributed by atoms with E-state index in [2.05, 4.69) is 5.32 Å². The Morgan fingerprint density at radius 2 is 1.75 bits per heavy atom. The van der Waals surface area contributed by atoms with Crippen molar-refractivity contribution >= 4 is 11.6 Å².